The average Bonchev–Trinajstić information content (AvgIpc) is 2.77. The van der Waals surface area contributed by atoms with Gasteiger partial charge in [0.25, 0.3) is 0 Å². The first-order chi connectivity index (χ1) is 14.1. The molecule has 0 aromatic heterocycles. The van der Waals surface area contributed by atoms with Gasteiger partial charge in [-0.2, -0.15) is 4.39 Å². The molecule has 3 heteroatoms. The van der Waals surface area contributed by atoms with Gasteiger partial charge in [-0.15, -0.1) is 0 Å². The lowest BCUT2D eigenvalue weighted by molar-refractivity contribution is 0.0564. The Kier molecular flexibility index (Phi) is 6.81. The highest BCUT2D eigenvalue weighted by atomic mass is 19.2. The molecule has 2 fully saturated rings. The Bertz CT molecular complexity index is 684. The summed E-state index contributed by atoms with van der Waals surface area (Å²) in [4.78, 5) is 0. The van der Waals surface area contributed by atoms with Gasteiger partial charge in [-0.25, -0.2) is 4.39 Å². The monoisotopic (exact) mass is 404 g/mol. The molecule has 0 N–H and O–H groups in total. The first kappa shape index (κ1) is 21.1. The molecule has 1 atom stereocenters. The molecule has 162 valence electrons. The van der Waals surface area contributed by atoms with Gasteiger partial charge >= 0.3 is 0 Å². The number of hydrogen-bond acceptors (Lipinski definition) is 1. The highest BCUT2D eigenvalue weighted by Gasteiger charge is 2.36. The predicted molar refractivity (Wildman–Crippen MR) is 114 cm³/mol. The van der Waals surface area contributed by atoms with Crippen LogP contribution in [-0.2, 0) is 12.8 Å². The molecule has 29 heavy (non-hydrogen) atoms. The zero-order valence-corrected chi connectivity index (χ0v) is 18.3. The number of aryl methyl sites for hydroxylation is 2. The van der Waals surface area contributed by atoms with E-state index in [1.165, 1.54) is 57.8 Å². The van der Waals surface area contributed by atoms with Crippen molar-refractivity contribution in [2.24, 2.45) is 23.7 Å². The summed E-state index contributed by atoms with van der Waals surface area (Å²) in [7, 11) is 0. The van der Waals surface area contributed by atoms with E-state index in [2.05, 4.69) is 6.92 Å². The number of ether oxygens (including phenoxy) is 1. The van der Waals surface area contributed by atoms with Crippen LogP contribution in [0.25, 0.3) is 0 Å². The van der Waals surface area contributed by atoms with Crippen LogP contribution in [-0.4, -0.2) is 6.10 Å². The van der Waals surface area contributed by atoms with Crippen molar-refractivity contribution in [1.29, 1.82) is 0 Å². The maximum atomic E-state index is 14.7. The summed E-state index contributed by atoms with van der Waals surface area (Å²) in [6.45, 7) is 4.33. The molecular formula is C26H38F2O. The van der Waals surface area contributed by atoms with Crippen molar-refractivity contribution in [2.45, 2.75) is 103 Å². The molecule has 0 spiro atoms. The summed E-state index contributed by atoms with van der Waals surface area (Å²) < 4.78 is 35.2. The highest BCUT2D eigenvalue weighted by Crippen LogP contribution is 2.45. The Morgan fingerprint density at radius 3 is 2.07 bits per heavy atom. The molecule has 0 saturated heterocycles. The smallest absolute Gasteiger partial charge is 0.201 e. The van der Waals surface area contributed by atoms with Crippen LogP contribution < -0.4 is 4.74 Å². The van der Waals surface area contributed by atoms with Crippen LogP contribution in [0, 0.1) is 35.3 Å². The molecule has 1 aromatic rings. The fourth-order valence-electron chi connectivity index (χ4n) is 6.38. The van der Waals surface area contributed by atoms with Crippen LogP contribution in [0.4, 0.5) is 8.78 Å². The fourth-order valence-corrected chi connectivity index (χ4v) is 6.38. The second-order valence-electron chi connectivity index (χ2n) is 9.96. The number of hydrogen-bond donors (Lipinski definition) is 0. The summed E-state index contributed by atoms with van der Waals surface area (Å²) >= 11 is 0. The van der Waals surface area contributed by atoms with Crippen molar-refractivity contribution >= 4 is 0 Å². The van der Waals surface area contributed by atoms with Crippen LogP contribution in [0.2, 0.25) is 0 Å². The number of halogens is 2. The molecule has 1 aliphatic heterocycles. The van der Waals surface area contributed by atoms with Gasteiger partial charge in [0.15, 0.2) is 11.6 Å². The van der Waals surface area contributed by atoms with E-state index in [1.54, 1.807) is 0 Å². The van der Waals surface area contributed by atoms with Gasteiger partial charge in [0.1, 0.15) is 6.10 Å². The molecule has 1 unspecified atom stereocenters. The average molecular weight is 405 g/mol. The summed E-state index contributed by atoms with van der Waals surface area (Å²) in [6, 6.07) is 1.84. The molecule has 0 amide bonds. The van der Waals surface area contributed by atoms with Crippen molar-refractivity contribution in [1.82, 2.24) is 0 Å². The molecular weight excluding hydrogens is 366 g/mol. The largest absolute Gasteiger partial charge is 0.487 e. The zero-order valence-electron chi connectivity index (χ0n) is 18.3. The summed E-state index contributed by atoms with van der Waals surface area (Å²) in [5.41, 5.74) is 1.37. The molecule has 1 nitrogen and oxygen atoms in total. The lowest BCUT2D eigenvalue weighted by Crippen LogP contribution is -2.35. The molecule has 2 saturated carbocycles. The van der Waals surface area contributed by atoms with Gasteiger partial charge in [0, 0.05) is 0 Å². The van der Waals surface area contributed by atoms with Crippen molar-refractivity contribution in [2.75, 3.05) is 0 Å². The third-order valence-electron chi connectivity index (χ3n) is 8.28. The second-order valence-corrected chi connectivity index (χ2v) is 9.96. The molecule has 0 bridgehead atoms. The van der Waals surface area contributed by atoms with E-state index in [4.69, 9.17) is 4.74 Å². The van der Waals surface area contributed by atoms with Crippen LogP contribution >= 0.6 is 0 Å². The fraction of sp³-hybridized carbons (Fsp3) is 0.769. The normalized spacial score (nSPS) is 32.5. The minimum Gasteiger partial charge on any atom is -0.487 e. The second kappa shape index (κ2) is 9.35. The van der Waals surface area contributed by atoms with Crippen LogP contribution in [0.5, 0.6) is 5.75 Å². The van der Waals surface area contributed by atoms with E-state index in [0.29, 0.717) is 17.9 Å². The lowest BCUT2D eigenvalue weighted by atomic mass is 9.68. The highest BCUT2D eigenvalue weighted by molar-refractivity contribution is 5.41. The minimum absolute atomic E-state index is 0.0604. The summed E-state index contributed by atoms with van der Waals surface area (Å²) in [5, 5.41) is 0. The first-order valence-corrected chi connectivity index (χ1v) is 12.3. The summed E-state index contributed by atoms with van der Waals surface area (Å²) in [6.07, 6.45) is 15.2. The standard InChI is InChI=1S/C26H38F2O/c1-3-5-21-16-22-14-15-23(29-26(22)25(28)24(21)27)20-12-10-19(11-13-20)18-8-6-17(4-2)7-9-18/h16-20,23H,3-15H2,1-2H3. The summed E-state index contributed by atoms with van der Waals surface area (Å²) in [5.74, 6) is 2.03. The quantitative estimate of drug-likeness (QED) is 0.490. The lowest BCUT2D eigenvalue weighted by Gasteiger charge is -2.40. The molecule has 0 radical (unpaired) electrons. The van der Waals surface area contributed by atoms with E-state index in [0.717, 1.165) is 42.6 Å². The predicted octanol–water partition coefficient (Wildman–Crippen LogP) is 7.63. The zero-order chi connectivity index (χ0) is 20.4. The third-order valence-corrected chi connectivity index (χ3v) is 8.28. The van der Waals surface area contributed by atoms with Crippen molar-refractivity contribution < 1.29 is 13.5 Å². The van der Waals surface area contributed by atoms with Gasteiger partial charge in [-0.1, -0.05) is 39.5 Å². The van der Waals surface area contributed by atoms with Crippen molar-refractivity contribution in [3.05, 3.63) is 28.8 Å². The number of fused-ring (bicyclic) bond motifs is 1. The van der Waals surface area contributed by atoms with Gasteiger partial charge in [-0.3, -0.25) is 0 Å². The molecule has 1 heterocycles. The topological polar surface area (TPSA) is 9.23 Å². The van der Waals surface area contributed by atoms with E-state index >= 15 is 0 Å². The SMILES string of the molecule is CCCc1cc2c(c(F)c1F)OC(C1CCC(C3CCC(CC)CC3)CC1)CC2. The van der Waals surface area contributed by atoms with Crippen LogP contribution in [0.1, 0.15) is 95.6 Å². The molecule has 2 aliphatic carbocycles. The van der Waals surface area contributed by atoms with Gasteiger partial charge in [-0.05, 0) is 98.7 Å². The maximum Gasteiger partial charge on any atom is 0.201 e. The van der Waals surface area contributed by atoms with E-state index in [1.807, 2.05) is 13.0 Å². The van der Waals surface area contributed by atoms with E-state index < -0.39 is 11.6 Å². The molecule has 4 rings (SSSR count). The first-order valence-electron chi connectivity index (χ1n) is 12.3. The Morgan fingerprint density at radius 2 is 1.45 bits per heavy atom. The Labute approximate surface area is 175 Å². The Balaban J connectivity index is 1.34. The number of benzene rings is 1. The maximum absolute atomic E-state index is 14.7. The number of rotatable bonds is 5. The van der Waals surface area contributed by atoms with Gasteiger partial charge in [0.2, 0.25) is 5.82 Å². The van der Waals surface area contributed by atoms with Crippen LogP contribution in [0.3, 0.4) is 0 Å². The van der Waals surface area contributed by atoms with Crippen molar-refractivity contribution in [3.63, 3.8) is 0 Å². The Morgan fingerprint density at radius 1 is 0.828 bits per heavy atom. The third kappa shape index (κ3) is 4.49. The minimum atomic E-state index is -0.753. The molecule has 3 aliphatic rings. The van der Waals surface area contributed by atoms with E-state index in [9.17, 15) is 8.78 Å². The van der Waals surface area contributed by atoms with E-state index in [-0.39, 0.29) is 11.9 Å². The van der Waals surface area contributed by atoms with Gasteiger partial charge in [0.05, 0.1) is 0 Å². The van der Waals surface area contributed by atoms with Crippen molar-refractivity contribution in [3.8, 4) is 5.75 Å². The van der Waals surface area contributed by atoms with Gasteiger partial charge < -0.3 is 4.74 Å². The van der Waals surface area contributed by atoms with Crippen LogP contribution in [0.15, 0.2) is 6.07 Å². The Hall–Kier alpha value is -1.12. The molecule has 1 aromatic carbocycles.